The van der Waals surface area contributed by atoms with Gasteiger partial charge < -0.3 is 15.5 Å². The minimum absolute atomic E-state index is 0.0309. The third-order valence-corrected chi connectivity index (χ3v) is 2.84. The Bertz CT molecular complexity index is 404. The first-order valence-corrected chi connectivity index (χ1v) is 6.37. The summed E-state index contributed by atoms with van der Waals surface area (Å²) in [6.45, 7) is 4.07. The van der Waals surface area contributed by atoms with Crippen molar-refractivity contribution in [3.63, 3.8) is 0 Å². The van der Waals surface area contributed by atoms with Crippen LogP contribution in [0, 0.1) is 0 Å². The number of hydrogen-bond donors (Lipinski definition) is 3. The number of benzene rings is 1. The minimum Gasteiger partial charge on any atom is -0.508 e. The Balaban J connectivity index is 2.56. The van der Waals surface area contributed by atoms with Crippen molar-refractivity contribution in [1.29, 1.82) is 0 Å². The van der Waals surface area contributed by atoms with E-state index in [1.54, 1.807) is 0 Å². The molecule has 0 spiro atoms. The van der Waals surface area contributed by atoms with Crippen LogP contribution >= 0.6 is 0 Å². The number of carbonyl (C=O) groups excluding carboxylic acids is 1. The van der Waals surface area contributed by atoms with Crippen LogP contribution in [0.1, 0.15) is 49.9 Å². The van der Waals surface area contributed by atoms with E-state index in [0.29, 0.717) is 0 Å². The third-order valence-electron chi connectivity index (χ3n) is 2.84. The summed E-state index contributed by atoms with van der Waals surface area (Å²) in [5, 5.41) is 21.7. The van der Waals surface area contributed by atoms with E-state index >= 15 is 0 Å². The number of nitrogens with one attached hydrogen (secondary N) is 1. The monoisotopic (exact) mass is 251 g/mol. The number of unbranched alkanes of at least 4 members (excludes halogenated alkanes) is 2. The zero-order valence-corrected chi connectivity index (χ0v) is 10.9. The number of phenolic OH excluding ortho intramolecular Hbond substituents is 2. The summed E-state index contributed by atoms with van der Waals surface area (Å²) in [4.78, 5) is 11.9. The molecule has 100 valence electrons. The lowest BCUT2D eigenvalue weighted by Crippen LogP contribution is -2.32. The van der Waals surface area contributed by atoms with Crippen molar-refractivity contribution in [3.05, 3.63) is 23.8 Å². The lowest BCUT2D eigenvalue weighted by atomic mass is 10.1. The van der Waals surface area contributed by atoms with Gasteiger partial charge in [0.1, 0.15) is 11.5 Å². The lowest BCUT2D eigenvalue weighted by molar-refractivity contribution is 0.0935. The number of hydrogen-bond acceptors (Lipinski definition) is 3. The van der Waals surface area contributed by atoms with E-state index in [-0.39, 0.29) is 29.0 Å². The first-order chi connectivity index (χ1) is 8.54. The van der Waals surface area contributed by atoms with E-state index in [2.05, 4.69) is 12.2 Å². The van der Waals surface area contributed by atoms with Crippen LogP contribution < -0.4 is 5.32 Å². The molecule has 4 heteroatoms. The average molecular weight is 251 g/mol. The van der Waals surface area contributed by atoms with Gasteiger partial charge in [0.15, 0.2) is 0 Å². The van der Waals surface area contributed by atoms with Gasteiger partial charge in [-0.3, -0.25) is 4.79 Å². The van der Waals surface area contributed by atoms with Gasteiger partial charge in [-0.25, -0.2) is 0 Å². The van der Waals surface area contributed by atoms with E-state index in [1.165, 1.54) is 18.2 Å². The van der Waals surface area contributed by atoms with E-state index < -0.39 is 0 Å². The predicted molar refractivity (Wildman–Crippen MR) is 70.8 cm³/mol. The summed E-state index contributed by atoms with van der Waals surface area (Å²) < 4.78 is 0. The molecule has 0 aromatic heterocycles. The Morgan fingerprint density at radius 1 is 1.33 bits per heavy atom. The van der Waals surface area contributed by atoms with Gasteiger partial charge in [-0.2, -0.15) is 0 Å². The highest BCUT2D eigenvalue weighted by atomic mass is 16.3. The van der Waals surface area contributed by atoms with Crippen molar-refractivity contribution in [1.82, 2.24) is 5.32 Å². The van der Waals surface area contributed by atoms with Crippen LogP contribution in [0.5, 0.6) is 11.5 Å². The van der Waals surface area contributed by atoms with Crippen molar-refractivity contribution < 1.29 is 15.0 Å². The normalized spacial score (nSPS) is 12.1. The molecule has 1 aromatic carbocycles. The Morgan fingerprint density at radius 2 is 2.06 bits per heavy atom. The molecule has 1 atom stereocenters. The third kappa shape index (κ3) is 4.28. The summed E-state index contributed by atoms with van der Waals surface area (Å²) >= 11 is 0. The molecule has 18 heavy (non-hydrogen) atoms. The van der Waals surface area contributed by atoms with Crippen LogP contribution in [0.15, 0.2) is 18.2 Å². The maximum atomic E-state index is 11.9. The van der Waals surface area contributed by atoms with E-state index in [0.717, 1.165) is 25.7 Å². The fourth-order valence-electron chi connectivity index (χ4n) is 1.78. The zero-order chi connectivity index (χ0) is 13.5. The molecule has 0 aliphatic carbocycles. The number of carbonyl (C=O) groups is 1. The second-order valence-electron chi connectivity index (χ2n) is 4.57. The second kappa shape index (κ2) is 6.89. The predicted octanol–water partition coefficient (Wildman–Crippen LogP) is 2.80. The van der Waals surface area contributed by atoms with Gasteiger partial charge in [0.05, 0.1) is 5.56 Å². The molecule has 0 fully saturated rings. The number of amides is 1. The zero-order valence-electron chi connectivity index (χ0n) is 10.9. The minimum atomic E-state index is -0.354. The van der Waals surface area contributed by atoms with Gasteiger partial charge in [0.2, 0.25) is 0 Å². The summed E-state index contributed by atoms with van der Waals surface area (Å²) in [6, 6.07) is 3.98. The van der Waals surface area contributed by atoms with E-state index in [9.17, 15) is 15.0 Å². The maximum absolute atomic E-state index is 11.9. The number of phenols is 2. The first-order valence-electron chi connectivity index (χ1n) is 6.37. The SMILES string of the molecule is CCCCCC(C)NC(=O)c1cc(O)ccc1O. The van der Waals surface area contributed by atoms with Crippen LogP contribution in [-0.4, -0.2) is 22.2 Å². The smallest absolute Gasteiger partial charge is 0.255 e. The molecule has 1 rings (SSSR count). The number of aromatic hydroxyl groups is 2. The average Bonchev–Trinajstić information content (AvgIpc) is 2.32. The van der Waals surface area contributed by atoms with Gasteiger partial charge in [-0.1, -0.05) is 26.2 Å². The molecule has 0 heterocycles. The van der Waals surface area contributed by atoms with Crippen molar-refractivity contribution in [2.45, 2.75) is 45.6 Å². The first kappa shape index (κ1) is 14.4. The summed E-state index contributed by atoms with van der Waals surface area (Å²) in [6.07, 6.45) is 4.29. The molecule has 1 unspecified atom stereocenters. The van der Waals surface area contributed by atoms with Crippen LogP contribution in [0.2, 0.25) is 0 Å². The van der Waals surface area contributed by atoms with Crippen molar-refractivity contribution in [2.75, 3.05) is 0 Å². The summed E-state index contributed by atoms with van der Waals surface area (Å²) in [7, 11) is 0. The fourth-order valence-corrected chi connectivity index (χ4v) is 1.78. The van der Waals surface area contributed by atoms with Crippen molar-refractivity contribution in [3.8, 4) is 11.5 Å². The Hall–Kier alpha value is -1.71. The Morgan fingerprint density at radius 3 is 2.72 bits per heavy atom. The van der Waals surface area contributed by atoms with Gasteiger partial charge in [-0.15, -0.1) is 0 Å². The second-order valence-corrected chi connectivity index (χ2v) is 4.57. The summed E-state index contributed by atoms with van der Waals surface area (Å²) in [5.41, 5.74) is 0.109. The van der Waals surface area contributed by atoms with Gasteiger partial charge in [-0.05, 0) is 31.5 Å². The Labute approximate surface area is 108 Å². The standard InChI is InChI=1S/C14H21NO3/c1-3-4-5-6-10(2)15-14(18)12-9-11(16)7-8-13(12)17/h7-10,16-17H,3-6H2,1-2H3,(H,15,18). The van der Waals surface area contributed by atoms with Crippen LogP contribution in [0.25, 0.3) is 0 Å². The molecular formula is C14H21NO3. The topological polar surface area (TPSA) is 69.6 Å². The molecule has 4 nitrogen and oxygen atoms in total. The molecule has 0 bridgehead atoms. The molecule has 0 saturated heterocycles. The van der Waals surface area contributed by atoms with E-state index in [4.69, 9.17) is 0 Å². The van der Waals surface area contributed by atoms with Crippen molar-refractivity contribution in [2.24, 2.45) is 0 Å². The van der Waals surface area contributed by atoms with Crippen LogP contribution in [0.4, 0.5) is 0 Å². The summed E-state index contributed by atoms with van der Waals surface area (Å²) in [5.74, 6) is -0.505. The highest BCUT2D eigenvalue weighted by Gasteiger charge is 2.14. The number of rotatable bonds is 6. The molecule has 1 amide bonds. The molecule has 0 radical (unpaired) electrons. The molecule has 0 saturated carbocycles. The molecule has 1 aromatic rings. The fraction of sp³-hybridized carbons (Fsp3) is 0.500. The van der Waals surface area contributed by atoms with Gasteiger partial charge in [0.25, 0.3) is 5.91 Å². The van der Waals surface area contributed by atoms with Crippen molar-refractivity contribution >= 4 is 5.91 Å². The maximum Gasteiger partial charge on any atom is 0.255 e. The largest absolute Gasteiger partial charge is 0.508 e. The highest BCUT2D eigenvalue weighted by Crippen LogP contribution is 2.22. The van der Waals surface area contributed by atoms with E-state index in [1.807, 2.05) is 6.92 Å². The molecule has 3 N–H and O–H groups in total. The van der Waals surface area contributed by atoms with Crippen LogP contribution in [-0.2, 0) is 0 Å². The highest BCUT2D eigenvalue weighted by molar-refractivity contribution is 5.97. The van der Waals surface area contributed by atoms with Gasteiger partial charge in [0, 0.05) is 6.04 Å². The van der Waals surface area contributed by atoms with Crippen LogP contribution in [0.3, 0.4) is 0 Å². The quantitative estimate of drug-likeness (QED) is 0.538. The molecule has 0 aliphatic rings. The van der Waals surface area contributed by atoms with Gasteiger partial charge >= 0.3 is 0 Å². The Kier molecular flexibility index (Phi) is 5.49. The lowest BCUT2D eigenvalue weighted by Gasteiger charge is -2.14. The molecule has 0 aliphatic heterocycles. The molecular weight excluding hydrogens is 230 g/mol.